The van der Waals surface area contributed by atoms with Crippen molar-refractivity contribution in [3.05, 3.63) is 94.5 Å². The Labute approximate surface area is 468 Å². The number of likely N-dealkylation sites (N-methyl/N-ethyl adjacent to an activating group) is 1. The first-order valence-electron chi connectivity index (χ1n) is 27.2. The van der Waals surface area contributed by atoms with Gasteiger partial charge in [-0.25, -0.2) is 9.37 Å². The molecule has 5 fully saturated rings. The van der Waals surface area contributed by atoms with Crippen LogP contribution in [0, 0.1) is 24.1 Å². The summed E-state index contributed by atoms with van der Waals surface area (Å²) in [5.74, 6) is -1.12. The van der Waals surface area contributed by atoms with Crippen LogP contribution in [0.15, 0.2) is 72.4 Å². The summed E-state index contributed by atoms with van der Waals surface area (Å²) < 4.78 is 23.5. The van der Waals surface area contributed by atoms with Crippen LogP contribution in [0.5, 0.6) is 6.01 Å². The molecule has 5 N–H and O–H groups in total. The average molecular weight is 1120 g/mol. The largest absolute Gasteiger partial charge is 0.483 e. The Bertz CT molecular complexity index is 3190. The van der Waals surface area contributed by atoms with Gasteiger partial charge in [0.15, 0.2) is 5.82 Å². The topological polar surface area (TPSA) is 219 Å². The zero-order valence-electron chi connectivity index (χ0n) is 45.2. The third-order valence-electron chi connectivity index (χ3n) is 16.4. The summed E-state index contributed by atoms with van der Waals surface area (Å²) in [7, 11) is 2.09. The van der Waals surface area contributed by atoms with Gasteiger partial charge in [-0.3, -0.25) is 34.0 Å². The number of amides is 3. The van der Waals surface area contributed by atoms with Crippen LogP contribution in [-0.4, -0.2) is 164 Å². The number of likely N-dealkylation sites (tertiary alicyclic amines) is 3. The number of pyridine rings is 1. The molecular formula is C58H69ClFN11O7S. The van der Waals surface area contributed by atoms with E-state index in [1.54, 1.807) is 23.6 Å². The number of halogens is 2. The van der Waals surface area contributed by atoms with E-state index in [4.69, 9.17) is 41.2 Å². The molecule has 5 aliphatic heterocycles. The van der Waals surface area contributed by atoms with Gasteiger partial charge in [0.05, 0.1) is 27.6 Å². The van der Waals surface area contributed by atoms with Gasteiger partial charge in [-0.05, 0) is 87.2 Å². The number of rotatable bonds is 13. The van der Waals surface area contributed by atoms with E-state index < -0.39 is 29.4 Å². The van der Waals surface area contributed by atoms with Crippen molar-refractivity contribution < 1.29 is 38.5 Å². The van der Waals surface area contributed by atoms with E-state index in [2.05, 4.69) is 42.7 Å². The number of piperazine rings is 1. The van der Waals surface area contributed by atoms with Crippen molar-refractivity contribution in [2.45, 2.75) is 115 Å². The van der Waals surface area contributed by atoms with E-state index in [0.29, 0.717) is 66.4 Å². The van der Waals surface area contributed by atoms with E-state index in [9.17, 15) is 19.5 Å². The summed E-state index contributed by atoms with van der Waals surface area (Å²) in [5.41, 5.74) is 5.00. The van der Waals surface area contributed by atoms with Gasteiger partial charge >= 0.3 is 6.01 Å². The molecule has 11 rings (SSSR count). The number of ether oxygens (including phenoxy) is 1. The molecule has 8 heterocycles. The van der Waals surface area contributed by atoms with Gasteiger partial charge in [0.1, 0.15) is 35.7 Å². The summed E-state index contributed by atoms with van der Waals surface area (Å²) in [6.45, 7) is 11.8. The first kappa shape index (κ1) is 55.9. The van der Waals surface area contributed by atoms with Crippen LogP contribution >= 0.6 is 22.9 Å². The minimum atomic E-state index is -0.904. The highest BCUT2D eigenvalue weighted by Crippen LogP contribution is 2.39. The number of anilines is 1. The first-order valence-corrected chi connectivity index (χ1v) is 28.5. The zero-order chi connectivity index (χ0) is 55.7. The number of hydrogen-bond donors (Lipinski definition) is 5. The molecule has 5 aliphatic rings. The lowest BCUT2D eigenvalue weighted by atomic mass is 9.84. The lowest BCUT2D eigenvalue weighted by Gasteiger charge is -2.38. The van der Waals surface area contributed by atoms with Crippen LogP contribution in [0.2, 0.25) is 5.02 Å². The number of carboxylic acid groups (broad SMARTS) is 1. The molecule has 0 radical (unpaired) electrons. The normalized spacial score (nSPS) is 23.1. The monoisotopic (exact) mass is 1120 g/mol. The van der Waals surface area contributed by atoms with Crippen LogP contribution < -0.4 is 25.6 Å². The van der Waals surface area contributed by atoms with Gasteiger partial charge in [-0.2, -0.15) is 9.97 Å². The number of β-amino-alcohol motifs (C(OH)–C–C–N with tert-alkyl or cyclic N) is 1. The molecule has 3 aromatic carbocycles. The number of nitrogens with zero attached hydrogens (tertiary/aromatic N) is 8. The third-order valence-corrected chi connectivity index (χ3v) is 17.7. The molecule has 7 atom stereocenters. The Hall–Kier alpha value is -6.42. The van der Waals surface area contributed by atoms with Gasteiger partial charge in [0.2, 0.25) is 17.7 Å². The SMILES string of the molecule is Cc1ncsc1-c1ccc(CNC(=O)[C@@H]2C[C@@H](O)CN2C(=O)C(NC(=O)C2CCN([C@H]3C[C@@H](COc4nc(N5CC6CCC(C5)N6)c5cnc(-c6cccc7cccc(Cl)c67)c(F)c5n4)N(C)C3)CC2)C(C)(C)C)cc1.O=CO. The standard InChI is InChI=1S/C57H67ClFN11O5S.CH2O2/c1-32-50(76-31-62-32)35-14-12-33(13-15-35)24-61-54(73)45-23-41(71)29-70(45)55(74)51(57(2,3)4)65-53(72)36-18-20-68(21-19-36)39-22-40(67(5)28-39)30-75-56-64-49-43(52(66-56)69-26-37-16-17-38(27-69)63-37)25-60-48(47(49)59)42-10-6-8-34-9-7-11-44(58)46(34)42;2-1-3/h6-15,25,31,36-41,45,51,63,71H,16-24,26-30H2,1-5H3,(H,61,73)(H,65,72);1H,(H,2,3)/t37?,38?,39-,40-,41+,45-,51?;/m0./s1. The van der Waals surface area contributed by atoms with Crippen LogP contribution in [-0.2, 0) is 25.7 Å². The third kappa shape index (κ3) is 12.1. The molecule has 418 valence electrons. The van der Waals surface area contributed by atoms with Crippen molar-refractivity contribution in [1.29, 1.82) is 0 Å². The summed E-state index contributed by atoms with van der Waals surface area (Å²) in [5, 5.41) is 30.1. The summed E-state index contributed by atoms with van der Waals surface area (Å²) >= 11 is 8.29. The quantitative estimate of drug-likeness (QED) is 0.0762. The van der Waals surface area contributed by atoms with Crippen LogP contribution in [0.25, 0.3) is 43.4 Å². The Morgan fingerprint density at radius 3 is 2.34 bits per heavy atom. The maximum absolute atomic E-state index is 17.1. The Morgan fingerprint density at radius 1 is 0.949 bits per heavy atom. The van der Waals surface area contributed by atoms with E-state index in [-0.39, 0.29) is 78.9 Å². The highest BCUT2D eigenvalue weighted by molar-refractivity contribution is 7.13. The second-order valence-electron chi connectivity index (χ2n) is 22.8. The lowest BCUT2D eigenvalue weighted by Crippen LogP contribution is -2.59. The number of aliphatic hydroxyl groups excluding tert-OH is 1. The number of piperidine rings is 1. The average Bonchev–Trinajstić information content (AvgIpc) is 4.39. The number of aromatic nitrogens is 4. The van der Waals surface area contributed by atoms with Crippen molar-refractivity contribution in [2.75, 3.05) is 57.8 Å². The predicted octanol–water partition coefficient (Wildman–Crippen LogP) is 6.68. The number of thiazole rings is 1. The molecule has 0 saturated carbocycles. The van der Waals surface area contributed by atoms with Crippen LogP contribution in [0.3, 0.4) is 0 Å². The maximum Gasteiger partial charge on any atom is 0.319 e. The number of carbonyl (C=O) groups is 4. The van der Waals surface area contributed by atoms with Gasteiger partial charge in [-0.1, -0.05) is 87.0 Å². The highest BCUT2D eigenvalue weighted by Gasteiger charge is 2.46. The molecular weight excluding hydrogens is 1050 g/mol. The number of hydrogen-bond acceptors (Lipinski definition) is 15. The predicted molar refractivity (Wildman–Crippen MR) is 302 cm³/mol. The zero-order valence-corrected chi connectivity index (χ0v) is 46.8. The molecule has 21 heteroatoms. The fourth-order valence-electron chi connectivity index (χ4n) is 12.2. The fraction of sp³-hybridized carbons (Fsp3) is 0.483. The Balaban J connectivity index is 0.00000230. The number of aliphatic hydroxyl groups is 1. The second-order valence-corrected chi connectivity index (χ2v) is 24.1. The van der Waals surface area contributed by atoms with Crippen molar-refractivity contribution in [1.82, 2.24) is 50.6 Å². The highest BCUT2D eigenvalue weighted by atomic mass is 35.5. The number of benzene rings is 3. The van der Waals surface area contributed by atoms with Crippen molar-refractivity contribution in [2.24, 2.45) is 11.3 Å². The number of nitrogens with one attached hydrogen (secondary N) is 3. The molecule has 6 aromatic rings. The second kappa shape index (κ2) is 23.7. The van der Waals surface area contributed by atoms with Crippen molar-refractivity contribution in [3.63, 3.8) is 0 Å². The van der Waals surface area contributed by atoms with E-state index in [0.717, 1.165) is 71.4 Å². The van der Waals surface area contributed by atoms with Crippen LogP contribution in [0.1, 0.15) is 70.6 Å². The lowest BCUT2D eigenvalue weighted by molar-refractivity contribution is -0.144. The maximum atomic E-state index is 17.1. The number of aryl methyl sites for hydroxylation is 1. The summed E-state index contributed by atoms with van der Waals surface area (Å²) in [4.78, 5) is 78.8. The molecule has 0 spiro atoms. The Kier molecular flexibility index (Phi) is 16.8. The summed E-state index contributed by atoms with van der Waals surface area (Å²) in [6, 6.07) is 18.5. The molecule has 3 unspecified atom stereocenters. The van der Waals surface area contributed by atoms with Gasteiger partial charge in [0.25, 0.3) is 6.47 Å². The number of fused-ring (bicyclic) bond motifs is 4. The molecule has 5 saturated heterocycles. The first-order chi connectivity index (χ1) is 38.0. The van der Waals surface area contributed by atoms with E-state index in [1.165, 1.54) is 4.90 Å². The molecule has 0 aliphatic carbocycles. The van der Waals surface area contributed by atoms with E-state index >= 15 is 4.39 Å². The van der Waals surface area contributed by atoms with E-state index in [1.807, 2.05) is 87.8 Å². The molecule has 3 amide bonds. The fourth-order valence-corrected chi connectivity index (χ4v) is 13.3. The Morgan fingerprint density at radius 2 is 1.66 bits per heavy atom. The summed E-state index contributed by atoms with van der Waals surface area (Å²) in [6.07, 6.45) is 5.18. The van der Waals surface area contributed by atoms with Crippen molar-refractivity contribution >= 4 is 74.6 Å². The smallest absolute Gasteiger partial charge is 0.319 e. The molecule has 2 bridgehead atoms. The van der Waals surface area contributed by atoms with Gasteiger partial charge < -0.3 is 40.7 Å². The van der Waals surface area contributed by atoms with Crippen molar-refractivity contribution in [3.8, 4) is 27.7 Å². The van der Waals surface area contributed by atoms with Gasteiger partial charge in [-0.15, -0.1) is 11.3 Å². The molecule has 18 nitrogen and oxygen atoms in total. The minimum Gasteiger partial charge on any atom is -0.483 e. The molecule has 3 aromatic heterocycles. The van der Waals surface area contributed by atoms with Crippen LogP contribution in [0.4, 0.5) is 10.2 Å². The minimum absolute atomic E-state index is 0.00980. The molecule has 79 heavy (non-hydrogen) atoms. The van der Waals surface area contributed by atoms with Gasteiger partial charge in [0, 0.05) is 91.4 Å². The number of carbonyl (C=O) groups excluding carboxylic acids is 3.